The quantitative estimate of drug-likeness (QED) is 0.619. The van der Waals surface area contributed by atoms with Crippen molar-refractivity contribution in [3.8, 4) is 11.4 Å². The maximum Gasteiger partial charge on any atom is 0.431 e. The van der Waals surface area contributed by atoms with Gasteiger partial charge in [-0.1, -0.05) is 23.7 Å². The number of alkyl halides is 3. The first kappa shape index (κ1) is 23.1. The number of halogens is 4. The first-order chi connectivity index (χ1) is 15.0. The van der Waals surface area contributed by atoms with Crippen molar-refractivity contribution in [3.05, 3.63) is 85.6 Å². The molecule has 0 spiro atoms. The highest BCUT2D eigenvalue weighted by Gasteiger charge is 2.35. The molecule has 3 aromatic rings. The Morgan fingerprint density at radius 2 is 1.75 bits per heavy atom. The highest BCUT2D eigenvalue weighted by atomic mass is 35.5. The van der Waals surface area contributed by atoms with Crippen molar-refractivity contribution in [3.63, 3.8) is 0 Å². The van der Waals surface area contributed by atoms with Gasteiger partial charge in [0.1, 0.15) is 18.1 Å². The zero-order valence-corrected chi connectivity index (χ0v) is 17.6. The average molecular weight is 468 g/mol. The van der Waals surface area contributed by atoms with Crippen LogP contribution in [0.25, 0.3) is 5.69 Å². The normalized spacial score (nSPS) is 11.3. The molecule has 0 saturated carbocycles. The molecule has 0 bridgehead atoms. The summed E-state index contributed by atoms with van der Waals surface area (Å²) in [5, 5.41) is 3.03. The molecule has 0 radical (unpaired) electrons. The topological polar surface area (TPSA) is 82.3 Å². The van der Waals surface area contributed by atoms with E-state index in [1.807, 2.05) is 0 Å². The fourth-order valence-corrected chi connectivity index (χ4v) is 3.08. The SMILES string of the molecule is CC(=O)Nc1cc(OCc2ccc(Cl)cc2)ccc1-n1c(=O)cc(C(F)(F)F)n(C)c1=O. The average Bonchev–Trinajstić information content (AvgIpc) is 2.70. The van der Waals surface area contributed by atoms with Gasteiger partial charge in [0, 0.05) is 31.1 Å². The van der Waals surface area contributed by atoms with Gasteiger partial charge in [0.2, 0.25) is 5.91 Å². The molecular formula is C21H17ClF3N3O4. The van der Waals surface area contributed by atoms with Crippen LogP contribution in [0.1, 0.15) is 18.2 Å². The van der Waals surface area contributed by atoms with E-state index in [2.05, 4.69) is 5.32 Å². The van der Waals surface area contributed by atoms with Crippen molar-refractivity contribution in [2.45, 2.75) is 19.7 Å². The standard InChI is InChI=1S/C21H17ClF3N3O4/c1-12(29)26-16-9-15(32-11-13-3-5-14(22)6-4-13)7-8-17(16)28-19(30)10-18(21(23,24)25)27(2)20(28)31/h3-10H,11H2,1-2H3,(H,26,29). The van der Waals surface area contributed by atoms with Crippen LogP contribution in [-0.4, -0.2) is 15.0 Å². The number of ether oxygens (including phenoxy) is 1. The number of nitrogens with zero attached hydrogens (tertiary/aromatic N) is 2. The summed E-state index contributed by atoms with van der Waals surface area (Å²) in [6.45, 7) is 1.37. The third kappa shape index (κ3) is 5.02. The van der Waals surface area contributed by atoms with Gasteiger partial charge < -0.3 is 10.1 Å². The van der Waals surface area contributed by atoms with Gasteiger partial charge in [0.25, 0.3) is 5.56 Å². The molecule has 3 rings (SSSR count). The Balaban J connectivity index is 2.04. The lowest BCUT2D eigenvalue weighted by Crippen LogP contribution is -2.41. The summed E-state index contributed by atoms with van der Waals surface area (Å²) in [7, 11) is 0.906. The monoisotopic (exact) mass is 467 g/mol. The molecule has 0 unspecified atom stereocenters. The van der Waals surface area contributed by atoms with Crippen LogP contribution in [-0.2, 0) is 24.6 Å². The van der Waals surface area contributed by atoms with Crippen LogP contribution in [0, 0.1) is 0 Å². The first-order valence-corrected chi connectivity index (χ1v) is 9.54. The predicted molar refractivity (Wildman–Crippen MR) is 112 cm³/mol. The van der Waals surface area contributed by atoms with Crippen LogP contribution < -0.4 is 21.3 Å². The number of aromatic nitrogens is 2. The first-order valence-electron chi connectivity index (χ1n) is 9.17. The molecule has 0 saturated heterocycles. The van der Waals surface area contributed by atoms with Crippen molar-refractivity contribution in [1.82, 2.24) is 9.13 Å². The highest BCUT2D eigenvalue weighted by Crippen LogP contribution is 2.28. The van der Waals surface area contributed by atoms with Gasteiger partial charge in [-0.05, 0) is 29.8 Å². The number of carbonyl (C=O) groups excluding carboxylic acids is 1. The van der Waals surface area contributed by atoms with Crippen LogP contribution in [0.3, 0.4) is 0 Å². The summed E-state index contributed by atoms with van der Waals surface area (Å²) < 4.78 is 45.9. The number of hydrogen-bond acceptors (Lipinski definition) is 4. The van der Waals surface area contributed by atoms with E-state index in [1.165, 1.54) is 25.1 Å². The zero-order valence-electron chi connectivity index (χ0n) is 16.9. The number of nitrogens with one attached hydrogen (secondary N) is 1. The van der Waals surface area contributed by atoms with Crippen LogP contribution in [0.4, 0.5) is 18.9 Å². The van der Waals surface area contributed by atoms with Crippen molar-refractivity contribution in [2.24, 2.45) is 7.05 Å². The molecule has 1 N–H and O–H groups in total. The Labute approximate surface area is 184 Å². The van der Waals surface area contributed by atoms with E-state index in [4.69, 9.17) is 16.3 Å². The summed E-state index contributed by atoms with van der Waals surface area (Å²) in [6.07, 6.45) is -4.88. The molecule has 32 heavy (non-hydrogen) atoms. The molecule has 0 aliphatic heterocycles. The molecule has 2 aromatic carbocycles. The van der Waals surface area contributed by atoms with E-state index in [-0.39, 0.29) is 18.0 Å². The second-order valence-electron chi connectivity index (χ2n) is 6.82. The highest BCUT2D eigenvalue weighted by molar-refractivity contribution is 6.30. The predicted octanol–water partition coefficient (Wildman–Crippen LogP) is 3.75. The third-order valence-corrected chi connectivity index (χ3v) is 4.70. The lowest BCUT2D eigenvalue weighted by atomic mass is 10.2. The summed E-state index contributed by atoms with van der Waals surface area (Å²) in [5.74, 6) is -0.220. The smallest absolute Gasteiger partial charge is 0.431 e. The molecule has 1 amide bonds. The van der Waals surface area contributed by atoms with Gasteiger partial charge in [-0.2, -0.15) is 13.2 Å². The minimum Gasteiger partial charge on any atom is -0.489 e. The molecule has 0 atom stereocenters. The van der Waals surface area contributed by atoms with Crippen molar-refractivity contribution in [1.29, 1.82) is 0 Å². The van der Waals surface area contributed by atoms with E-state index >= 15 is 0 Å². The fraction of sp³-hybridized carbons (Fsp3) is 0.190. The number of rotatable bonds is 5. The Morgan fingerprint density at radius 1 is 1.09 bits per heavy atom. The number of hydrogen-bond donors (Lipinski definition) is 1. The molecule has 1 aromatic heterocycles. The van der Waals surface area contributed by atoms with Crippen LogP contribution in [0.15, 0.2) is 58.1 Å². The molecule has 11 heteroatoms. The Kier molecular flexibility index (Phi) is 6.45. The van der Waals surface area contributed by atoms with Gasteiger partial charge in [0.15, 0.2) is 0 Å². The fourth-order valence-electron chi connectivity index (χ4n) is 2.96. The number of benzene rings is 2. The van der Waals surface area contributed by atoms with Gasteiger partial charge >= 0.3 is 11.9 Å². The molecule has 0 aliphatic carbocycles. The van der Waals surface area contributed by atoms with E-state index in [0.717, 1.165) is 12.6 Å². The Bertz CT molecular complexity index is 1280. The summed E-state index contributed by atoms with van der Waals surface area (Å²) in [4.78, 5) is 36.7. The summed E-state index contributed by atoms with van der Waals surface area (Å²) in [5.41, 5.74) is -3.06. The minimum atomic E-state index is -4.88. The van der Waals surface area contributed by atoms with Gasteiger partial charge in [-0.25, -0.2) is 9.36 Å². The molecule has 0 aliphatic rings. The summed E-state index contributed by atoms with van der Waals surface area (Å²) in [6, 6.07) is 11.3. The van der Waals surface area contributed by atoms with Gasteiger partial charge in [0.05, 0.1) is 11.4 Å². The largest absolute Gasteiger partial charge is 0.489 e. The molecule has 7 nitrogen and oxygen atoms in total. The molecule has 1 heterocycles. The molecular weight excluding hydrogens is 451 g/mol. The van der Waals surface area contributed by atoms with E-state index in [0.29, 0.717) is 26.0 Å². The van der Waals surface area contributed by atoms with Crippen LogP contribution in [0.2, 0.25) is 5.02 Å². The number of amides is 1. The third-order valence-electron chi connectivity index (χ3n) is 4.45. The van der Waals surface area contributed by atoms with Gasteiger partial charge in [-0.3, -0.25) is 14.2 Å². The number of anilines is 1. The van der Waals surface area contributed by atoms with Crippen LogP contribution >= 0.6 is 11.6 Å². The zero-order chi connectivity index (χ0) is 23.6. The lowest BCUT2D eigenvalue weighted by molar-refractivity contribution is -0.144. The van der Waals surface area contributed by atoms with Crippen molar-refractivity contribution >= 4 is 23.2 Å². The van der Waals surface area contributed by atoms with Crippen molar-refractivity contribution in [2.75, 3.05) is 5.32 Å². The summed E-state index contributed by atoms with van der Waals surface area (Å²) >= 11 is 5.85. The Hall–Kier alpha value is -3.53. The maximum absolute atomic E-state index is 13.1. The maximum atomic E-state index is 13.1. The lowest BCUT2D eigenvalue weighted by Gasteiger charge is -2.17. The van der Waals surface area contributed by atoms with E-state index < -0.39 is 29.0 Å². The van der Waals surface area contributed by atoms with Crippen LogP contribution in [0.5, 0.6) is 5.75 Å². The van der Waals surface area contributed by atoms with E-state index in [1.54, 1.807) is 24.3 Å². The number of carbonyl (C=O) groups is 1. The minimum absolute atomic E-state index is 0.0186. The van der Waals surface area contributed by atoms with E-state index in [9.17, 15) is 27.6 Å². The second kappa shape index (κ2) is 8.91. The molecule has 0 fully saturated rings. The molecule has 168 valence electrons. The van der Waals surface area contributed by atoms with Crippen molar-refractivity contribution < 1.29 is 22.7 Å². The van der Waals surface area contributed by atoms with Gasteiger partial charge in [-0.15, -0.1) is 0 Å². The second-order valence-corrected chi connectivity index (χ2v) is 7.25. The Morgan fingerprint density at radius 3 is 2.34 bits per heavy atom.